The number of hydrogen-bond acceptors (Lipinski definition) is 3. The van der Waals surface area contributed by atoms with Gasteiger partial charge in [0, 0.05) is 9.75 Å². The molecule has 0 saturated carbocycles. The van der Waals surface area contributed by atoms with Gasteiger partial charge in [-0.2, -0.15) is 0 Å². The summed E-state index contributed by atoms with van der Waals surface area (Å²) in [6, 6.07) is 4.18. The second-order valence-corrected chi connectivity index (χ2v) is 6.68. The van der Waals surface area contributed by atoms with Crippen LogP contribution in [0, 0.1) is 13.8 Å². The van der Waals surface area contributed by atoms with Crippen molar-refractivity contribution < 1.29 is 4.79 Å². The molecule has 0 fully saturated rings. The largest absolute Gasteiger partial charge is 0.298 e. The second kappa shape index (κ2) is 5.37. The fraction of sp³-hybridized carbons (Fsp3) is 0.400. The van der Waals surface area contributed by atoms with Gasteiger partial charge in [0.1, 0.15) is 5.78 Å². The van der Waals surface area contributed by atoms with Crippen LogP contribution in [0.5, 0.6) is 0 Å². The Kier molecular flexibility index (Phi) is 4.03. The number of aryl methyl sites for hydroxylation is 2. The summed E-state index contributed by atoms with van der Waals surface area (Å²) in [6.07, 6.45) is 0. The van der Waals surface area contributed by atoms with E-state index in [9.17, 15) is 4.79 Å². The maximum Gasteiger partial charge on any atom is 0.148 e. The Morgan fingerprint density at radius 2 is 1.33 bits per heavy atom. The minimum Gasteiger partial charge on any atom is -0.298 e. The van der Waals surface area contributed by atoms with Crippen LogP contribution in [0.4, 0.5) is 0 Å². The summed E-state index contributed by atoms with van der Waals surface area (Å²) in [6.45, 7) is 8.22. The molecular weight excluding hydrogens is 260 g/mol. The maximum absolute atomic E-state index is 12.6. The van der Waals surface area contributed by atoms with Gasteiger partial charge in [0.25, 0.3) is 0 Å². The van der Waals surface area contributed by atoms with E-state index in [1.807, 2.05) is 13.8 Å². The highest BCUT2D eigenvalue weighted by Gasteiger charge is 2.26. The van der Waals surface area contributed by atoms with Crippen molar-refractivity contribution in [3.05, 3.63) is 43.8 Å². The molecule has 2 heterocycles. The Bertz CT molecular complexity index is 502. The van der Waals surface area contributed by atoms with Crippen LogP contribution < -0.4 is 0 Å². The third-order valence-electron chi connectivity index (χ3n) is 3.44. The molecule has 2 aromatic rings. The third-order valence-corrected chi connectivity index (χ3v) is 5.85. The summed E-state index contributed by atoms with van der Waals surface area (Å²) >= 11 is 3.37. The SMILES string of the molecule is Cc1ccsc1C(C)C(=O)C(C)c1sccc1C. The fourth-order valence-corrected chi connectivity index (χ4v) is 4.28. The van der Waals surface area contributed by atoms with Crippen LogP contribution in [0.1, 0.15) is 46.6 Å². The second-order valence-electron chi connectivity index (χ2n) is 4.78. The summed E-state index contributed by atoms with van der Waals surface area (Å²) in [4.78, 5) is 15.0. The lowest BCUT2D eigenvalue weighted by Crippen LogP contribution is -2.16. The molecule has 2 aromatic heterocycles. The van der Waals surface area contributed by atoms with Crippen LogP contribution in [-0.2, 0) is 4.79 Å². The smallest absolute Gasteiger partial charge is 0.148 e. The van der Waals surface area contributed by atoms with Crippen molar-refractivity contribution in [1.29, 1.82) is 0 Å². The Labute approximate surface area is 116 Å². The minimum absolute atomic E-state index is 0.00139. The summed E-state index contributed by atoms with van der Waals surface area (Å²) in [5.41, 5.74) is 2.46. The van der Waals surface area contributed by atoms with Crippen molar-refractivity contribution >= 4 is 28.5 Å². The molecule has 3 heteroatoms. The fourth-order valence-electron chi connectivity index (χ4n) is 2.29. The van der Waals surface area contributed by atoms with E-state index in [1.54, 1.807) is 22.7 Å². The summed E-state index contributed by atoms with van der Waals surface area (Å²) in [5.74, 6) is 0.328. The Hall–Kier alpha value is -0.930. The molecule has 0 amide bonds. The monoisotopic (exact) mass is 278 g/mol. The van der Waals surface area contributed by atoms with Crippen LogP contribution in [0.2, 0.25) is 0 Å². The van der Waals surface area contributed by atoms with Gasteiger partial charge in [0.2, 0.25) is 0 Å². The molecule has 0 bridgehead atoms. The van der Waals surface area contributed by atoms with Gasteiger partial charge in [-0.3, -0.25) is 4.79 Å². The summed E-state index contributed by atoms with van der Waals surface area (Å²) in [7, 11) is 0. The molecule has 2 unspecified atom stereocenters. The van der Waals surface area contributed by atoms with Crippen molar-refractivity contribution in [3.8, 4) is 0 Å². The number of carbonyl (C=O) groups is 1. The average Bonchev–Trinajstić information content (AvgIpc) is 2.95. The van der Waals surface area contributed by atoms with Crippen LogP contribution in [0.25, 0.3) is 0 Å². The number of thiophene rings is 2. The zero-order valence-electron chi connectivity index (χ0n) is 11.2. The van der Waals surface area contributed by atoms with Crippen molar-refractivity contribution in [2.75, 3.05) is 0 Å². The molecule has 0 saturated heterocycles. The van der Waals surface area contributed by atoms with E-state index in [0.29, 0.717) is 5.78 Å². The third kappa shape index (κ3) is 2.43. The van der Waals surface area contributed by atoms with E-state index in [4.69, 9.17) is 0 Å². The topological polar surface area (TPSA) is 17.1 Å². The van der Waals surface area contributed by atoms with Crippen molar-refractivity contribution in [2.24, 2.45) is 0 Å². The minimum atomic E-state index is 0.00139. The highest BCUT2D eigenvalue weighted by atomic mass is 32.1. The molecule has 2 rings (SSSR count). The molecule has 0 aliphatic carbocycles. The first-order valence-electron chi connectivity index (χ1n) is 6.14. The molecule has 0 aliphatic rings. The molecule has 2 atom stereocenters. The van der Waals surface area contributed by atoms with Crippen molar-refractivity contribution in [2.45, 2.75) is 39.5 Å². The van der Waals surface area contributed by atoms with E-state index < -0.39 is 0 Å². The number of rotatable bonds is 4. The van der Waals surface area contributed by atoms with Crippen LogP contribution in [0.15, 0.2) is 22.9 Å². The van der Waals surface area contributed by atoms with E-state index >= 15 is 0 Å². The van der Waals surface area contributed by atoms with Gasteiger partial charge in [-0.25, -0.2) is 0 Å². The lowest BCUT2D eigenvalue weighted by Gasteiger charge is -2.16. The molecule has 0 N–H and O–H groups in total. The van der Waals surface area contributed by atoms with Gasteiger partial charge < -0.3 is 0 Å². The number of Topliss-reactive ketones (excluding diaryl/α,β-unsaturated/α-hetero) is 1. The molecular formula is C15H18OS2. The van der Waals surface area contributed by atoms with E-state index in [-0.39, 0.29) is 11.8 Å². The maximum atomic E-state index is 12.6. The zero-order chi connectivity index (χ0) is 13.3. The van der Waals surface area contributed by atoms with Gasteiger partial charge in [-0.05, 0) is 47.9 Å². The number of hydrogen-bond donors (Lipinski definition) is 0. The van der Waals surface area contributed by atoms with Gasteiger partial charge in [-0.15, -0.1) is 22.7 Å². The Balaban J connectivity index is 2.22. The first kappa shape index (κ1) is 13.5. The normalized spacial score (nSPS) is 14.4. The van der Waals surface area contributed by atoms with E-state index in [1.165, 1.54) is 20.9 Å². The van der Waals surface area contributed by atoms with Gasteiger partial charge in [0.15, 0.2) is 0 Å². The first-order chi connectivity index (χ1) is 8.52. The highest BCUT2D eigenvalue weighted by molar-refractivity contribution is 7.10. The van der Waals surface area contributed by atoms with E-state index in [0.717, 1.165) is 0 Å². The summed E-state index contributed by atoms with van der Waals surface area (Å²) < 4.78 is 0. The van der Waals surface area contributed by atoms with Crippen LogP contribution in [-0.4, -0.2) is 5.78 Å². The standard InChI is InChI=1S/C15H18OS2/c1-9-5-7-17-14(9)11(3)13(16)12(4)15-10(2)6-8-18-15/h5-8,11-12H,1-4H3. The molecule has 0 aromatic carbocycles. The molecule has 1 nitrogen and oxygen atoms in total. The predicted octanol–water partition coefficient (Wildman–Crippen LogP) is 4.90. The quantitative estimate of drug-likeness (QED) is 0.777. The van der Waals surface area contributed by atoms with Crippen molar-refractivity contribution in [3.63, 3.8) is 0 Å². The number of ketones is 1. The van der Waals surface area contributed by atoms with Crippen molar-refractivity contribution in [1.82, 2.24) is 0 Å². The zero-order valence-corrected chi connectivity index (χ0v) is 12.8. The van der Waals surface area contributed by atoms with Crippen LogP contribution >= 0.6 is 22.7 Å². The molecule has 0 aliphatic heterocycles. The molecule has 0 spiro atoms. The first-order valence-corrected chi connectivity index (χ1v) is 7.90. The Morgan fingerprint density at radius 3 is 1.61 bits per heavy atom. The lowest BCUT2D eigenvalue weighted by molar-refractivity contribution is -0.121. The lowest BCUT2D eigenvalue weighted by atomic mass is 9.91. The number of carbonyl (C=O) groups excluding carboxylic acids is 1. The molecule has 96 valence electrons. The Morgan fingerprint density at radius 1 is 0.944 bits per heavy atom. The molecule has 0 radical (unpaired) electrons. The highest BCUT2D eigenvalue weighted by Crippen LogP contribution is 2.33. The molecule has 18 heavy (non-hydrogen) atoms. The summed E-state index contributed by atoms with van der Waals surface area (Å²) in [5, 5.41) is 4.13. The van der Waals surface area contributed by atoms with Gasteiger partial charge in [-0.1, -0.05) is 13.8 Å². The average molecular weight is 278 g/mol. The van der Waals surface area contributed by atoms with E-state index in [2.05, 4.69) is 36.7 Å². The van der Waals surface area contributed by atoms with Crippen LogP contribution in [0.3, 0.4) is 0 Å². The van der Waals surface area contributed by atoms with Gasteiger partial charge >= 0.3 is 0 Å². The predicted molar refractivity (Wildman–Crippen MR) is 79.9 cm³/mol. The van der Waals surface area contributed by atoms with Gasteiger partial charge in [0.05, 0.1) is 11.8 Å².